The van der Waals surface area contributed by atoms with Crippen LogP contribution in [-0.4, -0.2) is 11.5 Å². The summed E-state index contributed by atoms with van der Waals surface area (Å²) < 4.78 is 1.26. The van der Waals surface area contributed by atoms with Gasteiger partial charge in [0, 0.05) is 12.2 Å². The highest BCUT2D eigenvalue weighted by Gasteiger charge is 2.01. The molecule has 0 fully saturated rings. The summed E-state index contributed by atoms with van der Waals surface area (Å²) in [7, 11) is 0. The van der Waals surface area contributed by atoms with Crippen molar-refractivity contribution in [3.8, 4) is 0 Å². The Morgan fingerprint density at radius 2 is 1.95 bits per heavy atom. The molecule has 20 heavy (non-hydrogen) atoms. The number of aromatic nitrogens is 1. The molecule has 0 aliphatic carbocycles. The van der Waals surface area contributed by atoms with Crippen molar-refractivity contribution in [3.63, 3.8) is 0 Å². The molecule has 2 nitrogen and oxygen atoms in total. The summed E-state index contributed by atoms with van der Waals surface area (Å²) in [5.74, 6) is 0. The second kappa shape index (κ2) is 6.06. The van der Waals surface area contributed by atoms with Crippen molar-refractivity contribution in [2.75, 3.05) is 11.9 Å². The van der Waals surface area contributed by atoms with Crippen LogP contribution in [0.2, 0.25) is 0 Å². The van der Waals surface area contributed by atoms with Crippen LogP contribution in [0.3, 0.4) is 0 Å². The summed E-state index contributed by atoms with van der Waals surface area (Å²) in [6, 6.07) is 17.0. The number of nitrogens with zero attached hydrogens (tertiary/aromatic N) is 1. The molecule has 1 N–H and O–H groups in total. The molecule has 0 atom stereocenters. The average Bonchev–Trinajstić information content (AvgIpc) is 2.84. The minimum absolute atomic E-state index is 0.998. The fourth-order valence-corrected chi connectivity index (χ4v) is 3.19. The van der Waals surface area contributed by atoms with Crippen LogP contribution in [-0.2, 0) is 6.42 Å². The van der Waals surface area contributed by atoms with Gasteiger partial charge in [-0.15, -0.1) is 11.3 Å². The average molecular weight is 282 g/mol. The number of rotatable bonds is 5. The third kappa shape index (κ3) is 3.17. The molecular weight excluding hydrogens is 264 g/mol. The molecule has 3 heteroatoms. The van der Waals surface area contributed by atoms with Crippen LogP contribution in [0.4, 0.5) is 5.69 Å². The maximum absolute atomic E-state index is 4.48. The number of thiazole rings is 1. The van der Waals surface area contributed by atoms with Crippen molar-refractivity contribution in [1.29, 1.82) is 0 Å². The van der Waals surface area contributed by atoms with Gasteiger partial charge in [0.15, 0.2) is 0 Å². The maximum Gasteiger partial charge on any atom is 0.0907 e. The second-order valence-corrected chi connectivity index (χ2v) is 6.17. The third-order valence-corrected chi connectivity index (χ3v) is 4.24. The van der Waals surface area contributed by atoms with Gasteiger partial charge in [0.1, 0.15) is 0 Å². The van der Waals surface area contributed by atoms with Crippen LogP contribution >= 0.6 is 11.3 Å². The van der Waals surface area contributed by atoms with Crippen molar-refractivity contribution < 1.29 is 0 Å². The lowest BCUT2D eigenvalue weighted by molar-refractivity contribution is 0.863. The Bertz CT molecular complexity index is 689. The Labute approximate surface area is 123 Å². The molecule has 102 valence electrons. The molecule has 0 aliphatic heterocycles. The molecule has 0 amide bonds. The zero-order valence-electron chi connectivity index (χ0n) is 11.6. The number of hydrogen-bond donors (Lipinski definition) is 1. The molecule has 1 aromatic heterocycles. The highest BCUT2D eigenvalue weighted by Crippen LogP contribution is 2.24. The number of hydrogen-bond acceptors (Lipinski definition) is 3. The molecule has 3 rings (SSSR count). The lowest BCUT2D eigenvalue weighted by atomic mass is 10.1. The largest absolute Gasteiger partial charge is 0.385 e. The highest BCUT2D eigenvalue weighted by molar-refractivity contribution is 7.18. The fourth-order valence-electron chi connectivity index (χ4n) is 2.32. The molecule has 2 aromatic carbocycles. The van der Waals surface area contributed by atoms with Crippen molar-refractivity contribution >= 4 is 27.2 Å². The minimum atomic E-state index is 0.998. The van der Waals surface area contributed by atoms with Gasteiger partial charge in [0.25, 0.3) is 0 Å². The van der Waals surface area contributed by atoms with Gasteiger partial charge >= 0.3 is 0 Å². The highest BCUT2D eigenvalue weighted by atomic mass is 32.1. The summed E-state index contributed by atoms with van der Waals surface area (Å²) in [5, 5.41) is 4.62. The van der Waals surface area contributed by atoms with Crippen molar-refractivity contribution in [1.82, 2.24) is 4.98 Å². The first-order valence-corrected chi connectivity index (χ1v) is 7.78. The Morgan fingerprint density at radius 1 is 1.10 bits per heavy atom. The van der Waals surface area contributed by atoms with E-state index >= 15 is 0 Å². The first-order valence-electron chi connectivity index (χ1n) is 6.96. The molecule has 0 saturated heterocycles. The predicted octanol–water partition coefficient (Wildman–Crippen LogP) is 4.65. The van der Waals surface area contributed by atoms with Crippen molar-refractivity contribution in [2.24, 2.45) is 0 Å². The molecular formula is C17H18N2S. The Kier molecular flexibility index (Phi) is 3.97. The van der Waals surface area contributed by atoms with E-state index in [4.69, 9.17) is 0 Å². The number of anilines is 1. The van der Waals surface area contributed by atoms with Gasteiger partial charge in [-0.25, -0.2) is 4.98 Å². The first-order chi connectivity index (χ1) is 9.81. The van der Waals surface area contributed by atoms with E-state index in [9.17, 15) is 0 Å². The van der Waals surface area contributed by atoms with Gasteiger partial charge in [-0.1, -0.05) is 30.3 Å². The lowest BCUT2D eigenvalue weighted by Crippen LogP contribution is -2.02. The van der Waals surface area contributed by atoms with Crippen LogP contribution in [0.15, 0.2) is 48.5 Å². The van der Waals surface area contributed by atoms with Gasteiger partial charge in [-0.2, -0.15) is 0 Å². The lowest BCUT2D eigenvalue weighted by Gasteiger charge is -2.06. The molecule has 0 bridgehead atoms. The standard InChI is InChI=1S/C17H18N2S/c1-13-19-16-10-9-15(12-17(16)20-13)18-11-5-8-14-6-3-2-4-7-14/h2-4,6-7,9-10,12,18H,5,8,11H2,1H3. The van der Waals surface area contributed by atoms with E-state index in [1.165, 1.54) is 16.0 Å². The van der Waals surface area contributed by atoms with Crippen molar-refractivity contribution in [2.45, 2.75) is 19.8 Å². The van der Waals surface area contributed by atoms with Gasteiger partial charge in [0.2, 0.25) is 0 Å². The predicted molar refractivity (Wildman–Crippen MR) is 87.6 cm³/mol. The van der Waals surface area contributed by atoms with Crippen molar-refractivity contribution in [3.05, 3.63) is 59.1 Å². The summed E-state index contributed by atoms with van der Waals surface area (Å²) in [5.41, 5.74) is 3.69. The summed E-state index contributed by atoms with van der Waals surface area (Å²) in [4.78, 5) is 4.48. The number of benzene rings is 2. The molecule has 3 aromatic rings. The number of aryl methyl sites for hydroxylation is 2. The van der Waals surface area contributed by atoms with E-state index in [1.54, 1.807) is 11.3 Å². The number of nitrogens with one attached hydrogen (secondary N) is 1. The second-order valence-electron chi connectivity index (χ2n) is 4.93. The normalized spacial score (nSPS) is 10.8. The molecule has 0 aliphatic rings. The molecule has 0 radical (unpaired) electrons. The summed E-state index contributed by atoms with van der Waals surface area (Å²) >= 11 is 1.75. The van der Waals surface area contributed by atoms with Crippen LogP contribution < -0.4 is 5.32 Å². The van der Waals surface area contributed by atoms with Gasteiger partial charge in [-0.05, 0) is 43.5 Å². The SMILES string of the molecule is Cc1nc2ccc(NCCCc3ccccc3)cc2s1. The third-order valence-electron chi connectivity index (χ3n) is 3.31. The first kappa shape index (κ1) is 13.1. The minimum Gasteiger partial charge on any atom is -0.385 e. The molecule has 0 spiro atoms. The van der Waals surface area contributed by atoms with Gasteiger partial charge in [0.05, 0.1) is 15.2 Å². The van der Waals surface area contributed by atoms with Crippen LogP contribution in [0, 0.1) is 6.92 Å². The Morgan fingerprint density at radius 3 is 2.80 bits per heavy atom. The molecule has 0 unspecified atom stereocenters. The molecule has 0 saturated carbocycles. The van der Waals surface area contributed by atoms with Crippen LogP contribution in [0.25, 0.3) is 10.2 Å². The van der Waals surface area contributed by atoms with E-state index in [0.29, 0.717) is 0 Å². The monoisotopic (exact) mass is 282 g/mol. The fraction of sp³-hybridized carbons (Fsp3) is 0.235. The maximum atomic E-state index is 4.48. The summed E-state index contributed by atoms with van der Waals surface area (Å²) in [6.45, 7) is 3.05. The Hall–Kier alpha value is -1.87. The topological polar surface area (TPSA) is 24.9 Å². The zero-order valence-corrected chi connectivity index (χ0v) is 12.4. The van der Waals surface area contributed by atoms with Crippen LogP contribution in [0.5, 0.6) is 0 Å². The van der Waals surface area contributed by atoms with E-state index < -0.39 is 0 Å². The van der Waals surface area contributed by atoms with E-state index in [0.717, 1.165) is 29.9 Å². The number of fused-ring (bicyclic) bond motifs is 1. The van der Waals surface area contributed by atoms with E-state index in [-0.39, 0.29) is 0 Å². The van der Waals surface area contributed by atoms with Gasteiger partial charge < -0.3 is 5.32 Å². The van der Waals surface area contributed by atoms with Gasteiger partial charge in [-0.3, -0.25) is 0 Å². The van der Waals surface area contributed by atoms with E-state index in [1.807, 2.05) is 0 Å². The van der Waals surface area contributed by atoms with E-state index in [2.05, 4.69) is 65.8 Å². The quantitative estimate of drug-likeness (QED) is 0.689. The molecule has 1 heterocycles. The smallest absolute Gasteiger partial charge is 0.0907 e. The summed E-state index contributed by atoms with van der Waals surface area (Å²) in [6.07, 6.45) is 2.26. The van der Waals surface area contributed by atoms with Crippen LogP contribution in [0.1, 0.15) is 17.0 Å². The zero-order chi connectivity index (χ0) is 13.8. The Balaban J connectivity index is 1.54.